The Morgan fingerprint density at radius 3 is 2.58 bits per heavy atom. The molecule has 6 rings (SSSR count). The van der Waals surface area contributed by atoms with Crippen LogP contribution in [0.5, 0.6) is 0 Å². The van der Waals surface area contributed by atoms with Crippen molar-refractivity contribution in [2.45, 2.75) is 19.4 Å². The molecule has 0 radical (unpaired) electrons. The highest BCUT2D eigenvalue weighted by Gasteiger charge is 2.20. The smallest absolute Gasteiger partial charge is 0.0519 e. The Hall–Kier alpha value is -3.20. The van der Waals surface area contributed by atoms with E-state index in [2.05, 4.69) is 81.8 Å². The highest BCUT2D eigenvalue weighted by Crippen LogP contribution is 2.41. The average Bonchev–Trinajstić information content (AvgIpc) is 3.39. The predicted octanol–water partition coefficient (Wildman–Crippen LogP) is 5.73. The van der Waals surface area contributed by atoms with E-state index in [-0.39, 0.29) is 0 Å². The van der Waals surface area contributed by atoms with Gasteiger partial charge in [0, 0.05) is 69.9 Å². The Kier molecular flexibility index (Phi) is 2.78. The second-order valence-electron chi connectivity index (χ2n) is 7.18. The molecule has 0 saturated heterocycles. The normalized spacial score (nSPS) is 13.7. The number of hydrogen-bond donors (Lipinski definition) is 2. The Balaban J connectivity index is 1.63. The summed E-state index contributed by atoms with van der Waals surface area (Å²) < 4.78 is 2.44. The van der Waals surface area contributed by atoms with Crippen LogP contribution in [0, 0.1) is 0 Å². The van der Waals surface area contributed by atoms with Gasteiger partial charge >= 0.3 is 0 Å². The lowest BCUT2D eigenvalue weighted by molar-refractivity contribution is 0.636. The molecular formula is C23H19N3. The van der Waals surface area contributed by atoms with Crippen molar-refractivity contribution in [2.24, 2.45) is 0 Å². The molecule has 3 aromatic heterocycles. The van der Waals surface area contributed by atoms with E-state index in [1.54, 1.807) is 0 Å². The molecule has 26 heavy (non-hydrogen) atoms. The number of aromatic nitrogens is 3. The monoisotopic (exact) mass is 337 g/mol. The number of hydrogen-bond acceptors (Lipinski definition) is 0. The third kappa shape index (κ3) is 1.83. The summed E-state index contributed by atoms with van der Waals surface area (Å²) >= 11 is 0. The van der Waals surface area contributed by atoms with Crippen LogP contribution in [0.3, 0.4) is 0 Å². The van der Waals surface area contributed by atoms with E-state index < -0.39 is 0 Å². The van der Waals surface area contributed by atoms with E-state index in [1.165, 1.54) is 62.5 Å². The molecule has 0 spiro atoms. The van der Waals surface area contributed by atoms with Gasteiger partial charge in [-0.1, -0.05) is 36.4 Å². The van der Waals surface area contributed by atoms with Crippen molar-refractivity contribution in [1.29, 1.82) is 0 Å². The molecule has 126 valence electrons. The summed E-state index contributed by atoms with van der Waals surface area (Å²) in [4.78, 5) is 6.76. The van der Waals surface area contributed by atoms with E-state index in [9.17, 15) is 0 Å². The fourth-order valence-corrected chi connectivity index (χ4v) is 4.57. The molecule has 0 unspecified atom stereocenters. The van der Waals surface area contributed by atoms with Crippen molar-refractivity contribution >= 4 is 21.8 Å². The summed E-state index contributed by atoms with van der Waals surface area (Å²) in [7, 11) is 0. The number of fused-ring (bicyclic) bond motifs is 1. The third-order valence-corrected chi connectivity index (χ3v) is 5.74. The van der Waals surface area contributed by atoms with Crippen LogP contribution in [-0.2, 0) is 13.0 Å². The van der Waals surface area contributed by atoms with Crippen LogP contribution in [0.25, 0.3) is 44.1 Å². The molecule has 0 fully saturated rings. The van der Waals surface area contributed by atoms with Crippen LogP contribution in [0.4, 0.5) is 0 Å². The third-order valence-electron chi connectivity index (χ3n) is 5.74. The Bertz CT molecular complexity index is 1270. The summed E-state index contributed by atoms with van der Waals surface area (Å²) in [6, 6.07) is 15.2. The quantitative estimate of drug-likeness (QED) is 0.413. The van der Waals surface area contributed by atoms with Gasteiger partial charge in [0.15, 0.2) is 0 Å². The second-order valence-corrected chi connectivity index (χ2v) is 7.18. The maximum Gasteiger partial charge on any atom is 0.0519 e. The first-order valence-corrected chi connectivity index (χ1v) is 9.24. The number of aromatic amines is 2. The van der Waals surface area contributed by atoms with Gasteiger partial charge in [0.2, 0.25) is 0 Å². The van der Waals surface area contributed by atoms with Crippen molar-refractivity contribution in [3.05, 3.63) is 72.8 Å². The predicted molar refractivity (Wildman–Crippen MR) is 107 cm³/mol. The summed E-state index contributed by atoms with van der Waals surface area (Å²) in [6.07, 6.45) is 11.1. The minimum absolute atomic E-state index is 1.11. The lowest BCUT2D eigenvalue weighted by Crippen LogP contribution is -2.05. The van der Waals surface area contributed by atoms with Gasteiger partial charge in [-0.2, -0.15) is 0 Å². The average molecular weight is 337 g/mol. The van der Waals surface area contributed by atoms with Crippen molar-refractivity contribution in [1.82, 2.24) is 14.5 Å². The maximum absolute atomic E-state index is 3.41. The fourth-order valence-electron chi connectivity index (χ4n) is 4.57. The van der Waals surface area contributed by atoms with Crippen LogP contribution in [0.15, 0.2) is 67.3 Å². The lowest BCUT2D eigenvalue weighted by Gasteiger charge is -2.14. The molecule has 1 aliphatic rings. The van der Waals surface area contributed by atoms with Crippen LogP contribution in [0.1, 0.15) is 12.0 Å². The van der Waals surface area contributed by atoms with Gasteiger partial charge in [-0.3, -0.25) is 0 Å². The van der Waals surface area contributed by atoms with E-state index >= 15 is 0 Å². The minimum Gasteiger partial charge on any atom is -0.366 e. The molecule has 0 bridgehead atoms. The van der Waals surface area contributed by atoms with Gasteiger partial charge < -0.3 is 14.5 Å². The zero-order chi connectivity index (χ0) is 17.1. The molecule has 0 saturated carbocycles. The Labute approximate surface area is 151 Å². The number of aryl methyl sites for hydroxylation is 2. The fraction of sp³-hybridized carbons (Fsp3) is 0.130. The Morgan fingerprint density at radius 1 is 0.769 bits per heavy atom. The molecule has 2 aromatic carbocycles. The molecule has 1 aliphatic heterocycles. The summed E-state index contributed by atoms with van der Waals surface area (Å²) in [5, 5.41) is 2.63. The summed E-state index contributed by atoms with van der Waals surface area (Å²) in [5.74, 6) is 0. The number of para-hydroxylation sites is 2. The van der Waals surface area contributed by atoms with Gasteiger partial charge in [0.25, 0.3) is 0 Å². The van der Waals surface area contributed by atoms with Crippen LogP contribution < -0.4 is 0 Å². The van der Waals surface area contributed by atoms with E-state index in [0.29, 0.717) is 0 Å². The maximum atomic E-state index is 3.41. The van der Waals surface area contributed by atoms with Crippen LogP contribution >= 0.6 is 0 Å². The first-order chi connectivity index (χ1) is 12.9. The molecule has 4 heterocycles. The van der Waals surface area contributed by atoms with Crippen molar-refractivity contribution in [3.8, 4) is 22.3 Å². The number of nitrogens with zero attached hydrogens (tertiary/aromatic N) is 1. The number of nitrogens with one attached hydrogen (secondary N) is 2. The van der Waals surface area contributed by atoms with E-state index in [1.807, 2.05) is 0 Å². The van der Waals surface area contributed by atoms with E-state index in [4.69, 9.17) is 0 Å². The first-order valence-electron chi connectivity index (χ1n) is 9.24. The molecule has 0 aliphatic carbocycles. The molecule has 3 nitrogen and oxygen atoms in total. The first kappa shape index (κ1) is 14.0. The number of rotatable bonds is 2. The largest absolute Gasteiger partial charge is 0.366 e. The molecular weight excluding hydrogens is 318 g/mol. The summed E-state index contributed by atoms with van der Waals surface area (Å²) in [6.45, 7) is 1.11. The molecule has 0 amide bonds. The SMILES string of the molecule is c1ccc2c(-c3c[nH]cc3-c3cn4c5c(cccc35)CCC4)c[nH]c2c1. The van der Waals surface area contributed by atoms with Gasteiger partial charge in [-0.25, -0.2) is 0 Å². The van der Waals surface area contributed by atoms with Crippen molar-refractivity contribution < 1.29 is 0 Å². The van der Waals surface area contributed by atoms with Crippen LogP contribution in [0.2, 0.25) is 0 Å². The van der Waals surface area contributed by atoms with Crippen molar-refractivity contribution in [3.63, 3.8) is 0 Å². The zero-order valence-electron chi connectivity index (χ0n) is 14.4. The molecule has 2 N–H and O–H groups in total. The topological polar surface area (TPSA) is 36.5 Å². The van der Waals surface area contributed by atoms with Crippen LogP contribution in [-0.4, -0.2) is 14.5 Å². The number of benzene rings is 2. The zero-order valence-corrected chi connectivity index (χ0v) is 14.4. The number of H-pyrrole nitrogens is 2. The highest BCUT2D eigenvalue weighted by atomic mass is 15.0. The molecule has 3 heteroatoms. The Morgan fingerprint density at radius 2 is 1.62 bits per heavy atom. The minimum atomic E-state index is 1.11. The van der Waals surface area contributed by atoms with Gasteiger partial charge in [-0.15, -0.1) is 0 Å². The van der Waals surface area contributed by atoms with E-state index in [0.717, 1.165) is 6.54 Å². The van der Waals surface area contributed by atoms with Gasteiger partial charge in [-0.05, 0) is 24.5 Å². The molecule has 0 atom stereocenters. The van der Waals surface area contributed by atoms with Gasteiger partial charge in [0.05, 0.1) is 5.52 Å². The van der Waals surface area contributed by atoms with Crippen molar-refractivity contribution in [2.75, 3.05) is 0 Å². The summed E-state index contributed by atoms with van der Waals surface area (Å²) in [5.41, 5.74) is 9.18. The standard InChI is InChI=1S/C23H19N3/c1-2-9-22-16(7-1)20(13-25-22)18-11-24-12-19(18)21-14-26-10-4-6-15-5-3-8-17(21)23(15)26/h1-3,5,7-9,11-14,24-25H,4,6,10H2. The lowest BCUT2D eigenvalue weighted by atomic mass is 9.97. The second kappa shape index (κ2) is 5.15. The van der Waals surface area contributed by atoms with Gasteiger partial charge in [0.1, 0.15) is 0 Å². The molecule has 5 aromatic rings. The highest BCUT2D eigenvalue weighted by molar-refractivity contribution is 6.05.